The second kappa shape index (κ2) is 3.31. The molecular weight excluding hydrogens is 232 g/mol. The van der Waals surface area contributed by atoms with E-state index in [0.717, 1.165) is 23.1 Å². The third kappa shape index (κ3) is 2.03. The summed E-state index contributed by atoms with van der Waals surface area (Å²) < 4.78 is 6.66. The minimum absolute atomic E-state index is 0.111. The first-order valence-electron chi connectivity index (χ1n) is 4.30. The van der Waals surface area contributed by atoms with E-state index in [1.165, 1.54) is 0 Å². The number of aliphatic hydroxyl groups excluding tert-OH is 1. The van der Waals surface area contributed by atoms with Gasteiger partial charge in [0.05, 0.1) is 6.61 Å². The van der Waals surface area contributed by atoms with Gasteiger partial charge in [0.15, 0.2) is 0 Å². The molecule has 0 radical (unpaired) electrons. The van der Waals surface area contributed by atoms with Crippen LogP contribution >= 0.6 is 15.9 Å². The highest BCUT2D eigenvalue weighted by Gasteiger charge is 2.44. The van der Waals surface area contributed by atoms with Crippen LogP contribution in [0, 0.1) is 0 Å². The molecule has 3 heteroatoms. The van der Waals surface area contributed by atoms with E-state index >= 15 is 0 Å². The highest BCUT2D eigenvalue weighted by atomic mass is 79.9. The van der Waals surface area contributed by atoms with Gasteiger partial charge >= 0.3 is 0 Å². The molecule has 0 aliphatic heterocycles. The Kier molecular flexibility index (Phi) is 2.30. The van der Waals surface area contributed by atoms with E-state index in [-0.39, 0.29) is 12.2 Å². The molecule has 0 saturated heterocycles. The van der Waals surface area contributed by atoms with E-state index in [9.17, 15) is 0 Å². The zero-order valence-electron chi connectivity index (χ0n) is 7.16. The number of hydrogen-bond acceptors (Lipinski definition) is 2. The van der Waals surface area contributed by atoms with Crippen LogP contribution < -0.4 is 4.74 Å². The Morgan fingerprint density at radius 3 is 2.77 bits per heavy atom. The van der Waals surface area contributed by atoms with Crippen molar-refractivity contribution in [2.75, 3.05) is 6.61 Å². The van der Waals surface area contributed by atoms with Crippen molar-refractivity contribution in [3.05, 3.63) is 28.7 Å². The normalized spacial score (nSPS) is 18.3. The van der Waals surface area contributed by atoms with E-state index in [1.807, 2.05) is 24.3 Å². The van der Waals surface area contributed by atoms with Crippen LogP contribution in [-0.4, -0.2) is 17.3 Å². The molecule has 1 aliphatic carbocycles. The van der Waals surface area contributed by atoms with Crippen molar-refractivity contribution in [2.45, 2.75) is 18.4 Å². The first kappa shape index (κ1) is 9.03. The fraction of sp³-hybridized carbons (Fsp3) is 0.400. The van der Waals surface area contributed by atoms with Crippen LogP contribution in [0.25, 0.3) is 0 Å². The molecule has 1 aromatic rings. The van der Waals surface area contributed by atoms with Crippen LogP contribution in [0.1, 0.15) is 12.8 Å². The maximum atomic E-state index is 9.05. The number of aliphatic hydroxyl groups is 1. The third-order valence-corrected chi connectivity index (χ3v) is 2.72. The van der Waals surface area contributed by atoms with Crippen molar-refractivity contribution in [1.29, 1.82) is 0 Å². The van der Waals surface area contributed by atoms with Gasteiger partial charge in [-0.3, -0.25) is 0 Å². The Hall–Kier alpha value is -0.540. The summed E-state index contributed by atoms with van der Waals surface area (Å²) in [7, 11) is 0. The molecule has 1 N–H and O–H groups in total. The topological polar surface area (TPSA) is 29.5 Å². The van der Waals surface area contributed by atoms with Gasteiger partial charge in [-0.2, -0.15) is 0 Å². The Balaban J connectivity index is 2.09. The Morgan fingerprint density at radius 1 is 1.46 bits per heavy atom. The molecular formula is C10H11BrO2. The average Bonchev–Trinajstić information content (AvgIpc) is 2.86. The first-order chi connectivity index (χ1) is 6.24. The van der Waals surface area contributed by atoms with Crippen LogP contribution in [0.3, 0.4) is 0 Å². The molecule has 1 saturated carbocycles. The molecule has 1 fully saturated rings. The molecule has 1 aromatic carbocycles. The van der Waals surface area contributed by atoms with Gasteiger partial charge in [0.2, 0.25) is 0 Å². The lowest BCUT2D eigenvalue weighted by molar-refractivity contribution is 0.0953. The van der Waals surface area contributed by atoms with Gasteiger partial charge in [-0.25, -0.2) is 0 Å². The summed E-state index contributed by atoms with van der Waals surface area (Å²) in [5.74, 6) is 0.820. The lowest BCUT2D eigenvalue weighted by Gasteiger charge is -2.15. The Bertz CT molecular complexity index is 308. The number of hydrogen-bond donors (Lipinski definition) is 1. The molecule has 0 unspecified atom stereocenters. The summed E-state index contributed by atoms with van der Waals surface area (Å²) in [5, 5.41) is 9.05. The van der Waals surface area contributed by atoms with Crippen LogP contribution in [0.5, 0.6) is 5.75 Å². The molecule has 1 aliphatic rings. The fourth-order valence-corrected chi connectivity index (χ4v) is 1.59. The number of ether oxygens (including phenoxy) is 1. The molecule has 2 rings (SSSR count). The third-order valence-electron chi connectivity index (χ3n) is 2.23. The van der Waals surface area contributed by atoms with E-state index in [1.54, 1.807) is 0 Å². The largest absolute Gasteiger partial charge is 0.485 e. The minimum Gasteiger partial charge on any atom is -0.485 e. The van der Waals surface area contributed by atoms with Gasteiger partial charge in [0, 0.05) is 4.47 Å². The molecule has 13 heavy (non-hydrogen) atoms. The van der Waals surface area contributed by atoms with Crippen molar-refractivity contribution >= 4 is 15.9 Å². The number of halogens is 1. The van der Waals surface area contributed by atoms with Crippen LogP contribution in [0.2, 0.25) is 0 Å². The molecule has 0 bridgehead atoms. The molecule has 0 atom stereocenters. The predicted molar refractivity (Wildman–Crippen MR) is 53.8 cm³/mol. The second-order valence-corrected chi connectivity index (χ2v) is 4.32. The zero-order valence-corrected chi connectivity index (χ0v) is 8.75. The summed E-state index contributed by atoms with van der Waals surface area (Å²) in [6.45, 7) is 0.111. The molecule has 0 heterocycles. The van der Waals surface area contributed by atoms with Crippen molar-refractivity contribution in [1.82, 2.24) is 0 Å². The minimum atomic E-state index is -0.277. The molecule has 70 valence electrons. The van der Waals surface area contributed by atoms with E-state index in [4.69, 9.17) is 9.84 Å². The first-order valence-corrected chi connectivity index (χ1v) is 5.09. The lowest BCUT2D eigenvalue weighted by atomic mass is 10.3. The van der Waals surface area contributed by atoms with Crippen molar-refractivity contribution in [3.8, 4) is 5.75 Å². The van der Waals surface area contributed by atoms with Crippen LogP contribution in [0.4, 0.5) is 0 Å². The summed E-state index contributed by atoms with van der Waals surface area (Å²) >= 11 is 3.37. The predicted octanol–water partition coefficient (Wildman–Crippen LogP) is 2.35. The van der Waals surface area contributed by atoms with E-state index in [2.05, 4.69) is 15.9 Å². The van der Waals surface area contributed by atoms with Crippen molar-refractivity contribution in [2.24, 2.45) is 0 Å². The van der Waals surface area contributed by atoms with E-state index in [0.29, 0.717) is 0 Å². The van der Waals surface area contributed by atoms with Gasteiger partial charge in [0.1, 0.15) is 11.4 Å². The van der Waals surface area contributed by atoms with E-state index < -0.39 is 0 Å². The van der Waals surface area contributed by atoms with Gasteiger partial charge in [0.25, 0.3) is 0 Å². The van der Waals surface area contributed by atoms with Gasteiger partial charge in [-0.1, -0.05) is 22.0 Å². The smallest absolute Gasteiger partial charge is 0.132 e. The maximum absolute atomic E-state index is 9.05. The SMILES string of the molecule is OCC1(Oc2cccc(Br)c2)CC1. The molecule has 0 aromatic heterocycles. The van der Waals surface area contributed by atoms with Crippen LogP contribution in [0.15, 0.2) is 28.7 Å². The average molecular weight is 243 g/mol. The quantitative estimate of drug-likeness (QED) is 0.882. The number of benzene rings is 1. The Morgan fingerprint density at radius 2 is 2.23 bits per heavy atom. The fourth-order valence-electron chi connectivity index (χ4n) is 1.21. The van der Waals surface area contributed by atoms with Gasteiger partial charge in [-0.05, 0) is 31.0 Å². The summed E-state index contributed by atoms with van der Waals surface area (Å²) in [5.41, 5.74) is -0.277. The molecule has 0 spiro atoms. The maximum Gasteiger partial charge on any atom is 0.132 e. The van der Waals surface area contributed by atoms with Gasteiger partial charge in [-0.15, -0.1) is 0 Å². The summed E-state index contributed by atoms with van der Waals surface area (Å²) in [6.07, 6.45) is 1.91. The number of rotatable bonds is 3. The van der Waals surface area contributed by atoms with Crippen molar-refractivity contribution in [3.63, 3.8) is 0 Å². The second-order valence-electron chi connectivity index (χ2n) is 3.40. The standard InChI is InChI=1S/C10H11BrO2/c11-8-2-1-3-9(6-8)13-10(7-12)4-5-10/h1-3,6,12H,4-5,7H2. The molecule has 0 amide bonds. The summed E-state index contributed by atoms with van der Waals surface area (Å²) in [6, 6.07) is 7.69. The Labute approximate surface area is 85.7 Å². The molecule has 2 nitrogen and oxygen atoms in total. The summed E-state index contributed by atoms with van der Waals surface area (Å²) in [4.78, 5) is 0. The highest BCUT2D eigenvalue weighted by Crippen LogP contribution is 2.39. The highest BCUT2D eigenvalue weighted by molar-refractivity contribution is 9.10. The monoisotopic (exact) mass is 242 g/mol. The van der Waals surface area contributed by atoms with Crippen molar-refractivity contribution < 1.29 is 9.84 Å². The van der Waals surface area contributed by atoms with Crippen LogP contribution in [-0.2, 0) is 0 Å². The van der Waals surface area contributed by atoms with Gasteiger partial charge < -0.3 is 9.84 Å². The zero-order chi connectivity index (χ0) is 9.31. The lowest BCUT2D eigenvalue weighted by Crippen LogP contribution is -2.22.